The van der Waals surface area contributed by atoms with Crippen molar-refractivity contribution in [2.45, 2.75) is 0 Å². The summed E-state index contributed by atoms with van der Waals surface area (Å²) < 4.78 is 4.76. The molecule has 0 heterocycles. The summed E-state index contributed by atoms with van der Waals surface area (Å²) >= 11 is 5.70. The minimum absolute atomic E-state index is 0.485. The van der Waals surface area contributed by atoms with E-state index in [0.717, 1.165) is 5.56 Å². The first-order chi connectivity index (χ1) is 6.27. The largest absolute Gasteiger partial charge is 0.503 e. The van der Waals surface area contributed by atoms with Crippen LogP contribution in [0.25, 0.3) is 5.57 Å². The number of nitriles is 1. The molecule has 0 N–H and O–H groups in total. The van der Waals surface area contributed by atoms with Gasteiger partial charge in [0.05, 0.1) is 12.7 Å². The quantitative estimate of drug-likeness (QED) is 0.535. The van der Waals surface area contributed by atoms with E-state index in [1.807, 2.05) is 6.07 Å². The van der Waals surface area contributed by atoms with Gasteiger partial charge in [-0.2, -0.15) is 5.26 Å². The average Bonchev–Trinajstić information content (AvgIpc) is 2.16. The van der Waals surface area contributed by atoms with Gasteiger partial charge < -0.3 is 4.74 Å². The van der Waals surface area contributed by atoms with Crippen LogP contribution in [-0.2, 0) is 4.74 Å². The molecule has 13 heavy (non-hydrogen) atoms. The van der Waals surface area contributed by atoms with Crippen LogP contribution >= 0.6 is 11.6 Å². The van der Waals surface area contributed by atoms with Crippen LogP contribution in [0.1, 0.15) is 5.56 Å². The molecule has 1 rings (SSSR count). The van der Waals surface area contributed by atoms with E-state index in [1.165, 1.54) is 13.4 Å². The van der Waals surface area contributed by atoms with Gasteiger partial charge in [-0.1, -0.05) is 23.7 Å². The molecule has 0 aliphatic heterocycles. The maximum absolute atomic E-state index is 8.75. The molecule has 0 fully saturated rings. The predicted molar refractivity (Wildman–Crippen MR) is 52.1 cm³/mol. The fourth-order valence-electron chi connectivity index (χ4n) is 0.906. The van der Waals surface area contributed by atoms with Crippen LogP contribution in [0.5, 0.6) is 0 Å². The molecule has 0 aromatic heterocycles. The van der Waals surface area contributed by atoms with E-state index in [0.29, 0.717) is 10.6 Å². The number of methoxy groups -OCH3 is 1. The van der Waals surface area contributed by atoms with Crippen LogP contribution in [0.4, 0.5) is 0 Å². The molecule has 0 aliphatic carbocycles. The molecule has 0 bridgehead atoms. The van der Waals surface area contributed by atoms with E-state index < -0.39 is 0 Å². The zero-order valence-electron chi connectivity index (χ0n) is 7.12. The van der Waals surface area contributed by atoms with Gasteiger partial charge in [0.1, 0.15) is 12.3 Å². The van der Waals surface area contributed by atoms with E-state index in [1.54, 1.807) is 24.3 Å². The van der Waals surface area contributed by atoms with Crippen molar-refractivity contribution in [1.82, 2.24) is 0 Å². The zero-order chi connectivity index (χ0) is 9.68. The van der Waals surface area contributed by atoms with Crippen LogP contribution in [-0.4, -0.2) is 7.11 Å². The van der Waals surface area contributed by atoms with Crippen molar-refractivity contribution < 1.29 is 4.74 Å². The number of allylic oxidation sites excluding steroid dienone is 1. The maximum atomic E-state index is 8.75. The Bertz CT molecular complexity index is 348. The number of nitrogens with zero attached hydrogens (tertiary/aromatic N) is 1. The highest BCUT2D eigenvalue weighted by Gasteiger charge is 1.99. The lowest BCUT2D eigenvalue weighted by Gasteiger charge is -1.98. The molecule has 0 radical (unpaired) electrons. The van der Waals surface area contributed by atoms with E-state index in [2.05, 4.69) is 0 Å². The summed E-state index contributed by atoms with van der Waals surface area (Å²) in [5.74, 6) is 0. The SMILES string of the molecule is COC=C(C#N)c1ccc(Cl)cc1. The van der Waals surface area contributed by atoms with Gasteiger partial charge >= 0.3 is 0 Å². The van der Waals surface area contributed by atoms with E-state index in [4.69, 9.17) is 21.6 Å². The topological polar surface area (TPSA) is 33.0 Å². The third-order valence-corrected chi connectivity index (χ3v) is 1.76. The molecule has 1 aromatic carbocycles. The first-order valence-corrected chi connectivity index (χ1v) is 4.04. The molecule has 0 saturated carbocycles. The first-order valence-electron chi connectivity index (χ1n) is 3.67. The van der Waals surface area contributed by atoms with Gasteiger partial charge in [-0.25, -0.2) is 0 Å². The van der Waals surface area contributed by atoms with Crippen molar-refractivity contribution in [2.75, 3.05) is 7.11 Å². The average molecular weight is 194 g/mol. The summed E-state index contributed by atoms with van der Waals surface area (Å²) in [4.78, 5) is 0. The van der Waals surface area contributed by atoms with Crippen molar-refractivity contribution in [2.24, 2.45) is 0 Å². The molecule has 2 nitrogen and oxygen atoms in total. The van der Waals surface area contributed by atoms with Gasteiger partial charge in [0.2, 0.25) is 0 Å². The fourth-order valence-corrected chi connectivity index (χ4v) is 1.03. The van der Waals surface area contributed by atoms with Gasteiger partial charge in [0.25, 0.3) is 0 Å². The molecule has 0 amide bonds. The fraction of sp³-hybridized carbons (Fsp3) is 0.100. The maximum Gasteiger partial charge on any atom is 0.103 e. The molecule has 0 saturated heterocycles. The molecule has 0 atom stereocenters. The second-order valence-corrected chi connectivity index (χ2v) is 2.82. The molecule has 0 unspecified atom stereocenters. The monoisotopic (exact) mass is 193 g/mol. The van der Waals surface area contributed by atoms with Gasteiger partial charge in [-0.05, 0) is 17.7 Å². The second kappa shape index (κ2) is 4.54. The highest BCUT2D eigenvalue weighted by Crippen LogP contribution is 2.16. The van der Waals surface area contributed by atoms with Crippen molar-refractivity contribution in [3.63, 3.8) is 0 Å². The highest BCUT2D eigenvalue weighted by molar-refractivity contribution is 6.30. The number of hydrogen-bond donors (Lipinski definition) is 0. The molecule has 0 aliphatic rings. The Morgan fingerprint density at radius 1 is 1.46 bits per heavy atom. The van der Waals surface area contributed by atoms with Crippen LogP contribution in [0.2, 0.25) is 5.02 Å². The minimum atomic E-state index is 0.485. The van der Waals surface area contributed by atoms with E-state index in [9.17, 15) is 0 Å². The molecular weight excluding hydrogens is 186 g/mol. The third-order valence-electron chi connectivity index (χ3n) is 1.51. The Morgan fingerprint density at radius 2 is 2.08 bits per heavy atom. The molecule has 1 aromatic rings. The number of rotatable bonds is 2. The number of benzene rings is 1. The lowest BCUT2D eigenvalue weighted by molar-refractivity contribution is 0.340. The minimum Gasteiger partial charge on any atom is -0.503 e. The van der Waals surface area contributed by atoms with Crippen molar-refractivity contribution >= 4 is 17.2 Å². The molecular formula is C10H8ClNO. The predicted octanol–water partition coefficient (Wildman–Crippen LogP) is 2.85. The standard InChI is InChI=1S/C10H8ClNO/c1-13-7-9(6-12)8-2-4-10(11)5-3-8/h2-5,7H,1H3. The Kier molecular flexibility index (Phi) is 3.36. The van der Waals surface area contributed by atoms with Gasteiger partial charge in [-0.15, -0.1) is 0 Å². The van der Waals surface area contributed by atoms with Crippen LogP contribution in [0, 0.1) is 11.3 Å². The first kappa shape index (κ1) is 9.63. The molecule has 3 heteroatoms. The van der Waals surface area contributed by atoms with Crippen molar-refractivity contribution in [3.05, 3.63) is 41.1 Å². The summed E-state index contributed by atoms with van der Waals surface area (Å²) in [6.07, 6.45) is 1.41. The van der Waals surface area contributed by atoms with Crippen LogP contribution in [0.15, 0.2) is 30.5 Å². The Morgan fingerprint density at radius 3 is 2.54 bits per heavy atom. The summed E-state index contributed by atoms with van der Waals surface area (Å²) in [5, 5.41) is 9.40. The Labute approximate surface area is 82.0 Å². The second-order valence-electron chi connectivity index (χ2n) is 2.39. The Balaban J connectivity index is 3.01. The summed E-state index contributed by atoms with van der Waals surface area (Å²) in [6, 6.07) is 9.05. The molecule has 66 valence electrons. The van der Waals surface area contributed by atoms with Gasteiger partial charge in [0.15, 0.2) is 0 Å². The normalized spacial score (nSPS) is 10.7. The zero-order valence-corrected chi connectivity index (χ0v) is 7.88. The number of halogens is 1. The van der Waals surface area contributed by atoms with E-state index in [-0.39, 0.29) is 0 Å². The van der Waals surface area contributed by atoms with Crippen molar-refractivity contribution in [3.8, 4) is 6.07 Å². The van der Waals surface area contributed by atoms with Crippen LogP contribution in [0.3, 0.4) is 0 Å². The lowest BCUT2D eigenvalue weighted by Crippen LogP contribution is -1.81. The van der Waals surface area contributed by atoms with Crippen molar-refractivity contribution in [1.29, 1.82) is 5.26 Å². The number of ether oxygens (including phenoxy) is 1. The smallest absolute Gasteiger partial charge is 0.103 e. The Hall–Kier alpha value is -1.46. The van der Waals surface area contributed by atoms with Gasteiger partial charge in [0, 0.05) is 5.02 Å². The summed E-state index contributed by atoms with van der Waals surface area (Å²) in [6.45, 7) is 0. The summed E-state index contributed by atoms with van der Waals surface area (Å²) in [7, 11) is 1.51. The molecule has 0 spiro atoms. The highest BCUT2D eigenvalue weighted by atomic mass is 35.5. The van der Waals surface area contributed by atoms with Crippen LogP contribution < -0.4 is 0 Å². The van der Waals surface area contributed by atoms with E-state index >= 15 is 0 Å². The summed E-state index contributed by atoms with van der Waals surface area (Å²) in [5.41, 5.74) is 1.29. The number of hydrogen-bond acceptors (Lipinski definition) is 2. The third kappa shape index (κ3) is 2.50. The lowest BCUT2D eigenvalue weighted by atomic mass is 10.1. The van der Waals surface area contributed by atoms with Gasteiger partial charge in [-0.3, -0.25) is 0 Å².